The fourth-order valence-corrected chi connectivity index (χ4v) is 3.89. The molecule has 1 aliphatic rings. The smallest absolute Gasteiger partial charge is 0.226 e. The molecule has 0 aliphatic carbocycles. The third-order valence-electron chi connectivity index (χ3n) is 5.59. The number of fused-ring (bicyclic) bond motifs is 1. The predicted molar refractivity (Wildman–Crippen MR) is 118 cm³/mol. The van der Waals surface area contributed by atoms with Gasteiger partial charge in [-0.3, -0.25) is 9.59 Å². The first kappa shape index (κ1) is 21.8. The molecule has 0 saturated carbocycles. The van der Waals surface area contributed by atoms with Crippen molar-refractivity contribution in [3.8, 4) is 0 Å². The third-order valence-corrected chi connectivity index (χ3v) is 5.59. The van der Waals surface area contributed by atoms with Crippen molar-refractivity contribution in [1.82, 2.24) is 4.90 Å². The summed E-state index contributed by atoms with van der Waals surface area (Å²) in [6.07, 6.45) is 2.19. The molecule has 158 valence electrons. The van der Waals surface area contributed by atoms with Crippen LogP contribution in [-0.4, -0.2) is 29.0 Å². The van der Waals surface area contributed by atoms with Gasteiger partial charge in [-0.15, -0.1) is 0 Å². The number of anilines is 1. The second-order valence-electron chi connectivity index (χ2n) is 8.33. The molecule has 0 bridgehead atoms. The van der Waals surface area contributed by atoms with E-state index in [1.165, 1.54) is 18.1 Å². The van der Waals surface area contributed by atoms with E-state index in [-0.39, 0.29) is 29.9 Å². The van der Waals surface area contributed by atoms with E-state index in [1.54, 1.807) is 0 Å². The Morgan fingerprint density at radius 3 is 2.50 bits per heavy atom. The van der Waals surface area contributed by atoms with E-state index in [9.17, 15) is 14.4 Å². The molecular formula is C25H30N2O3. The van der Waals surface area contributed by atoms with E-state index in [4.69, 9.17) is 0 Å². The molecule has 3 rings (SSSR count). The lowest BCUT2D eigenvalue weighted by Crippen LogP contribution is -2.39. The number of hydrogen-bond donors (Lipinski definition) is 1. The molecule has 0 spiro atoms. The number of Topliss-reactive ketones (excluding diaryl/α,β-unsaturated/α-hetero) is 1. The predicted octanol–water partition coefficient (Wildman–Crippen LogP) is 4.07. The summed E-state index contributed by atoms with van der Waals surface area (Å²) in [5.74, 6) is -0.268. The van der Waals surface area contributed by atoms with Crippen LogP contribution in [0.5, 0.6) is 0 Å². The van der Waals surface area contributed by atoms with Gasteiger partial charge in [-0.05, 0) is 55.5 Å². The minimum absolute atomic E-state index is 0.0170. The largest absolute Gasteiger partial charge is 0.338 e. The van der Waals surface area contributed by atoms with E-state index in [1.807, 2.05) is 36.9 Å². The number of aryl methyl sites for hydroxylation is 2. The van der Waals surface area contributed by atoms with Gasteiger partial charge in [0.15, 0.2) is 0 Å². The van der Waals surface area contributed by atoms with Crippen molar-refractivity contribution in [3.05, 3.63) is 64.7 Å². The standard InChI is InChI=1S/C25H30N2O3/c1-17-4-6-20(7-5-17)8-11-24(29)26-23-10-9-21-12-13-27(16-22(21)15-23)25(30)18(2)14-19(3)28/h4-7,9-10,15,18H,8,11-14,16H2,1-3H3,(H,26,29)/t18-/m1/s1. The summed E-state index contributed by atoms with van der Waals surface area (Å²) < 4.78 is 0. The van der Waals surface area contributed by atoms with Crippen LogP contribution in [0.3, 0.4) is 0 Å². The minimum atomic E-state index is -0.297. The number of nitrogens with zero attached hydrogens (tertiary/aromatic N) is 1. The van der Waals surface area contributed by atoms with Crippen LogP contribution in [0.1, 0.15) is 48.9 Å². The fourth-order valence-electron chi connectivity index (χ4n) is 3.89. The normalized spacial score (nSPS) is 14.0. The van der Waals surface area contributed by atoms with Gasteiger partial charge < -0.3 is 15.0 Å². The molecule has 0 radical (unpaired) electrons. The summed E-state index contributed by atoms with van der Waals surface area (Å²) in [6.45, 7) is 6.55. The van der Waals surface area contributed by atoms with Gasteiger partial charge in [-0.25, -0.2) is 0 Å². The molecule has 0 fully saturated rings. The average Bonchev–Trinajstić information content (AvgIpc) is 2.71. The lowest BCUT2D eigenvalue weighted by molar-refractivity contribution is -0.138. The zero-order valence-corrected chi connectivity index (χ0v) is 18.0. The van der Waals surface area contributed by atoms with E-state index in [0.29, 0.717) is 25.9 Å². The first-order valence-electron chi connectivity index (χ1n) is 10.6. The molecule has 1 atom stereocenters. The molecule has 0 saturated heterocycles. The quantitative estimate of drug-likeness (QED) is 0.754. The van der Waals surface area contributed by atoms with E-state index >= 15 is 0 Å². The van der Waals surface area contributed by atoms with Crippen molar-refractivity contribution in [2.75, 3.05) is 11.9 Å². The number of nitrogens with one attached hydrogen (secondary N) is 1. The monoisotopic (exact) mass is 406 g/mol. The lowest BCUT2D eigenvalue weighted by atomic mass is 9.96. The van der Waals surface area contributed by atoms with Gasteiger partial charge in [0.2, 0.25) is 11.8 Å². The molecule has 2 amide bonds. The molecule has 0 unspecified atom stereocenters. The Kier molecular flexibility index (Phi) is 7.03. The highest BCUT2D eigenvalue weighted by molar-refractivity contribution is 5.91. The van der Waals surface area contributed by atoms with Crippen LogP contribution in [-0.2, 0) is 33.8 Å². The second-order valence-corrected chi connectivity index (χ2v) is 8.33. The van der Waals surface area contributed by atoms with Gasteiger partial charge in [0.05, 0.1) is 0 Å². The first-order chi connectivity index (χ1) is 14.3. The molecule has 30 heavy (non-hydrogen) atoms. The highest BCUT2D eigenvalue weighted by atomic mass is 16.2. The Balaban J connectivity index is 1.58. The number of amides is 2. The molecule has 2 aromatic rings. The lowest BCUT2D eigenvalue weighted by Gasteiger charge is -2.31. The highest BCUT2D eigenvalue weighted by Crippen LogP contribution is 2.24. The molecule has 5 nitrogen and oxygen atoms in total. The van der Waals surface area contributed by atoms with Gasteiger partial charge in [0.1, 0.15) is 5.78 Å². The van der Waals surface area contributed by atoms with Gasteiger partial charge in [-0.1, -0.05) is 42.8 Å². The number of rotatable bonds is 7. The SMILES string of the molecule is CC(=O)C[C@@H](C)C(=O)N1CCc2ccc(NC(=O)CCc3ccc(C)cc3)cc2C1. The molecule has 5 heteroatoms. The summed E-state index contributed by atoms with van der Waals surface area (Å²) in [5.41, 5.74) is 5.38. The van der Waals surface area contributed by atoms with Crippen LogP contribution >= 0.6 is 0 Å². The molecule has 1 aliphatic heterocycles. The van der Waals surface area contributed by atoms with Crippen molar-refractivity contribution in [2.24, 2.45) is 5.92 Å². The Hall–Kier alpha value is -2.95. The number of carbonyl (C=O) groups excluding carboxylic acids is 3. The zero-order chi connectivity index (χ0) is 21.7. The number of hydrogen-bond acceptors (Lipinski definition) is 3. The van der Waals surface area contributed by atoms with Crippen molar-refractivity contribution in [1.29, 1.82) is 0 Å². The van der Waals surface area contributed by atoms with Crippen LogP contribution in [0, 0.1) is 12.8 Å². The maximum absolute atomic E-state index is 12.7. The number of benzene rings is 2. The Morgan fingerprint density at radius 2 is 1.80 bits per heavy atom. The average molecular weight is 407 g/mol. The molecule has 1 heterocycles. The van der Waals surface area contributed by atoms with Crippen molar-refractivity contribution in [2.45, 2.75) is 53.0 Å². The molecule has 2 aromatic carbocycles. The van der Waals surface area contributed by atoms with Gasteiger partial charge in [0, 0.05) is 37.5 Å². The number of carbonyl (C=O) groups is 3. The summed E-state index contributed by atoms with van der Waals surface area (Å²) >= 11 is 0. The van der Waals surface area contributed by atoms with Gasteiger partial charge >= 0.3 is 0 Å². The maximum atomic E-state index is 12.7. The van der Waals surface area contributed by atoms with Crippen LogP contribution in [0.15, 0.2) is 42.5 Å². The van der Waals surface area contributed by atoms with E-state index in [2.05, 4.69) is 29.6 Å². The fraction of sp³-hybridized carbons (Fsp3) is 0.400. The summed E-state index contributed by atoms with van der Waals surface area (Å²) in [7, 11) is 0. The maximum Gasteiger partial charge on any atom is 0.226 e. The van der Waals surface area contributed by atoms with E-state index < -0.39 is 0 Å². The second kappa shape index (κ2) is 9.70. The van der Waals surface area contributed by atoms with E-state index in [0.717, 1.165) is 23.2 Å². The van der Waals surface area contributed by atoms with Crippen molar-refractivity contribution < 1.29 is 14.4 Å². The van der Waals surface area contributed by atoms with Crippen LogP contribution < -0.4 is 5.32 Å². The van der Waals surface area contributed by atoms with Crippen molar-refractivity contribution >= 4 is 23.3 Å². The first-order valence-corrected chi connectivity index (χ1v) is 10.6. The Morgan fingerprint density at radius 1 is 1.07 bits per heavy atom. The van der Waals surface area contributed by atoms with Crippen LogP contribution in [0.4, 0.5) is 5.69 Å². The zero-order valence-electron chi connectivity index (χ0n) is 18.0. The van der Waals surface area contributed by atoms with Crippen LogP contribution in [0.2, 0.25) is 0 Å². The molecular weight excluding hydrogens is 376 g/mol. The Bertz CT molecular complexity index is 934. The van der Waals surface area contributed by atoms with Gasteiger partial charge in [-0.2, -0.15) is 0 Å². The minimum Gasteiger partial charge on any atom is -0.338 e. The summed E-state index contributed by atoms with van der Waals surface area (Å²) in [6, 6.07) is 14.2. The Labute approximate surface area is 178 Å². The molecule has 1 N–H and O–H groups in total. The topological polar surface area (TPSA) is 66.5 Å². The summed E-state index contributed by atoms with van der Waals surface area (Å²) in [5, 5.41) is 2.98. The van der Waals surface area contributed by atoms with Crippen molar-refractivity contribution in [3.63, 3.8) is 0 Å². The highest BCUT2D eigenvalue weighted by Gasteiger charge is 2.25. The van der Waals surface area contributed by atoms with Gasteiger partial charge in [0.25, 0.3) is 0 Å². The number of ketones is 1. The van der Waals surface area contributed by atoms with Crippen LogP contribution in [0.25, 0.3) is 0 Å². The third kappa shape index (κ3) is 5.78. The molecule has 0 aromatic heterocycles. The summed E-state index contributed by atoms with van der Waals surface area (Å²) in [4.78, 5) is 38.2.